The molecule has 0 aromatic rings. The third kappa shape index (κ3) is 14.2. The molecule has 8 N–H and O–H groups in total. The van der Waals surface area contributed by atoms with E-state index in [1.807, 2.05) is 0 Å². The van der Waals surface area contributed by atoms with Gasteiger partial charge >= 0.3 is 15.6 Å². The van der Waals surface area contributed by atoms with E-state index < -0.39 is 47.5 Å². The molecule has 13 heteroatoms. The van der Waals surface area contributed by atoms with Crippen molar-refractivity contribution in [2.75, 3.05) is 26.4 Å². The van der Waals surface area contributed by atoms with Gasteiger partial charge in [-0.2, -0.15) is 0 Å². The molecule has 0 saturated carbocycles. The highest BCUT2D eigenvalue weighted by molar-refractivity contribution is 7.46. The fourth-order valence-electron chi connectivity index (χ4n) is 0.508. The second-order valence-electron chi connectivity index (χ2n) is 3.25. The van der Waals surface area contributed by atoms with Gasteiger partial charge in [-0.25, -0.2) is 9.13 Å². The Morgan fingerprint density at radius 3 is 1.28 bits per heavy atom. The minimum Gasteiger partial charge on any atom is -0.396 e. The number of rotatable bonds is 6. The van der Waals surface area contributed by atoms with Gasteiger partial charge in [0.1, 0.15) is 0 Å². The summed E-state index contributed by atoms with van der Waals surface area (Å²) in [5.74, 6) is 0. The van der Waals surface area contributed by atoms with Crippen molar-refractivity contribution in [1.29, 1.82) is 0 Å². The molecule has 0 rings (SSSR count). The molecule has 0 heterocycles. The summed E-state index contributed by atoms with van der Waals surface area (Å²) in [7, 11) is -9.27. The van der Waals surface area contributed by atoms with E-state index in [2.05, 4.69) is 4.52 Å². The molecule has 0 radical (unpaired) electrons. The highest BCUT2D eigenvalue weighted by Gasteiger charge is 2.31. The lowest BCUT2D eigenvalue weighted by atomic mass is 9.93. The third-order valence-electron chi connectivity index (χ3n) is 1.55. The predicted molar refractivity (Wildman–Crippen MR) is 55.9 cm³/mol. The Morgan fingerprint density at radius 2 is 1.11 bits per heavy atom. The Balaban J connectivity index is 0. The maximum atomic E-state index is 10.3. The molecule has 18 heavy (non-hydrogen) atoms. The summed E-state index contributed by atoms with van der Waals surface area (Å²) in [5.41, 5.74) is -1.42. The molecule has 0 bridgehead atoms. The van der Waals surface area contributed by atoms with E-state index in [4.69, 9.17) is 44.4 Å². The molecule has 0 unspecified atom stereocenters. The quantitative estimate of drug-likeness (QED) is 0.234. The number of hydrogen-bond acceptors (Lipinski definition) is 6. The average molecular weight is 314 g/mol. The Kier molecular flexibility index (Phi) is 9.42. The fraction of sp³-hybridized carbons (Fsp3) is 1.00. The highest BCUT2D eigenvalue weighted by atomic mass is 31.2. The molecule has 0 saturated heterocycles. The Bertz CT molecular complexity index is 284. The first kappa shape index (κ1) is 20.4. The number of phosphoric ester groups is 1. The van der Waals surface area contributed by atoms with E-state index in [1.165, 1.54) is 0 Å². The number of hydrogen-bond donors (Lipinski definition) is 8. The molecule has 0 amide bonds. The second kappa shape index (κ2) is 8.31. The largest absolute Gasteiger partial charge is 0.469 e. The van der Waals surface area contributed by atoms with Crippen LogP contribution in [-0.2, 0) is 13.7 Å². The van der Waals surface area contributed by atoms with Crippen LogP contribution >= 0.6 is 15.6 Å². The molecule has 112 valence electrons. The lowest BCUT2D eigenvalue weighted by Gasteiger charge is -2.26. The molecular weight excluding hydrogens is 298 g/mol. The van der Waals surface area contributed by atoms with Crippen LogP contribution in [-0.4, -0.2) is 66.2 Å². The fourth-order valence-corrected chi connectivity index (χ4v) is 0.950. The summed E-state index contributed by atoms with van der Waals surface area (Å²) < 4.78 is 23.2. The molecule has 0 spiro atoms. The predicted octanol–water partition coefficient (Wildman–Crippen LogP) is -2.87. The van der Waals surface area contributed by atoms with Crippen LogP contribution in [0.1, 0.15) is 0 Å². The Morgan fingerprint density at radius 1 is 0.833 bits per heavy atom. The second-order valence-corrected chi connectivity index (χ2v) is 5.52. The van der Waals surface area contributed by atoms with Crippen molar-refractivity contribution in [3.63, 3.8) is 0 Å². The van der Waals surface area contributed by atoms with Crippen LogP contribution in [0.15, 0.2) is 0 Å². The minimum absolute atomic E-state index is 0.610. The number of aliphatic hydroxyl groups excluding tert-OH is 3. The normalized spacial score (nSPS) is 12.9. The van der Waals surface area contributed by atoms with E-state index in [0.717, 1.165) is 0 Å². The van der Waals surface area contributed by atoms with Gasteiger partial charge in [-0.1, -0.05) is 0 Å². The summed E-state index contributed by atoms with van der Waals surface area (Å²) in [4.78, 5) is 38.2. The van der Waals surface area contributed by atoms with E-state index in [0.29, 0.717) is 0 Å². The van der Waals surface area contributed by atoms with Crippen LogP contribution in [0.4, 0.5) is 0 Å². The van der Waals surface area contributed by atoms with Crippen molar-refractivity contribution in [2.24, 2.45) is 5.41 Å². The SMILES string of the molecule is O=P(O)(O)O.O=P(O)(O)OCC(CO)(CO)CO. The Hall–Kier alpha value is 0.100. The van der Waals surface area contributed by atoms with E-state index in [9.17, 15) is 4.57 Å². The lowest BCUT2D eigenvalue weighted by molar-refractivity contribution is -0.0318. The first-order chi connectivity index (χ1) is 7.89. The van der Waals surface area contributed by atoms with E-state index in [-0.39, 0.29) is 0 Å². The van der Waals surface area contributed by atoms with Gasteiger partial charge in [0, 0.05) is 0 Å². The molecule has 0 fully saturated rings. The molecule has 11 nitrogen and oxygen atoms in total. The summed E-state index contributed by atoms with van der Waals surface area (Å²) in [6, 6.07) is 0. The minimum atomic E-state index is -4.64. The van der Waals surface area contributed by atoms with E-state index in [1.54, 1.807) is 0 Å². The van der Waals surface area contributed by atoms with Gasteiger partial charge in [0.25, 0.3) is 0 Å². The highest BCUT2D eigenvalue weighted by Crippen LogP contribution is 2.37. The van der Waals surface area contributed by atoms with Crippen molar-refractivity contribution in [3.05, 3.63) is 0 Å². The molecule has 0 atom stereocenters. The van der Waals surface area contributed by atoms with Gasteiger partial charge in [-0.05, 0) is 0 Å². The molecule has 0 aliphatic carbocycles. The van der Waals surface area contributed by atoms with Crippen molar-refractivity contribution in [2.45, 2.75) is 0 Å². The monoisotopic (exact) mass is 314 g/mol. The number of phosphoric acid groups is 2. The van der Waals surface area contributed by atoms with Gasteiger partial charge in [0.05, 0.1) is 31.8 Å². The van der Waals surface area contributed by atoms with Gasteiger partial charge < -0.3 is 39.8 Å². The molecule has 0 aromatic carbocycles. The summed E-state index contributed by atoms with van der Waals surface area (Å²) >= 11 is 0. The van der Waals surface area contributed by atoms with E-state index >= 15 is 0 Å². The maximum absolute atomic E-state index is 10.3. The first-order valence-corrected chi connectivity index (χ1v) is 7.29. The molecule has 0 aromatic heterocycles. The van der Waals surface area contributed by atoms with Crippen molar-refractivity contribution >= 4 is 15.6 Å². The summed E-state index contributed by atoms with van der Waals surface area (Å²) in [6.07, 6.45) is 0. The zero-order chi connectivity index (χ0) is 15.0. The maximum Gasteiger partial charge on any atom is 0.469 e. The van der Waals surface area contributed by atoms with Gasteiger partial charge in [0.2, 0.25) is 0 Å². The topological polar surface area (TPSA) is 205 Å². The van der Waals surface area contributed by atoms with Crippen LogP contribution in [0.3, 0.4) is 0 Å². The van der Waals surface area contributed by atoms with Crippen LogP contribution in [0.5, 0.6) is 0 Å². The Labute approximate surface area is 102 Å². The smallest absolute Gasteiger partial charge is 0.396 e. The van der Waals surface area contributed by atoms with Crippen LogP contribution in [0.25, 0.3) is 0 Å². The molecule has 0 aliphatic rings. The zero-order valence-corrected chi connectivity index (χ0v) is 10.8. The summed E-state index contributed by atoms with van der Waals surface area (Å²) in [5, 5.41) is 26.2. The van der Waals surface area contributed by atoms with Gasteiger partial charge in [-0.15, -0.1) is 0 Å². The van der Waals surface area contributed by atoms with Crippen molar-refractivity contribution in [1.82, 2.24) is 0 Å². The van der Waals surface area contributed by atoms with Crippen LogP contribution in [0.2, 0.25) is 0 Å². The average Bonchev–Trinajstić information content (AvgIpc) is 2.17. The molecule has 0 aliphatic heterocycles. The number of aliphatic hydroxyl groups is 3. The van der Waals surface area contributed by atoms with Gasteiger partial charge in [-0.3, -0.25) is 4.52 Å². The van der Waals surface area contributed by atoms with Crippen molar-refractivity contribution in [3.8, 4) is 0 Å². The van der Waals surface area contributed by atoms with Crippen LogP contribution < -0.4 is 0 Å². The van der Waals surface area contributed by atoms with Crippen LogP contribution in [0, 0.1) is 5.41 Å². The molecular formula is C5H16O11P2. The summed E-state index contributed by atoms with van der Waals surface area (Å²) in [6.45, 7) is -2.49. The van der Waals surface area contributed by atoms with Crippen molar-refractivity contribution < 1.29 is 53.4 Å². The standard InChI is InChI=1S/C5H13O7P.H3O4P/c6-1-5(2-7,3-8)4-12-13(9,10)11;1-5(2,3)4/h6-8H,1-4H2,(H2,9,10,11);(H3,1,2,3,4). The van der Waals surface area contributed by atoms with Gasteiger partial charge in [0.15, 0.2) is 0 Å². The zero-order valence-electron chi connectivity index (χ0n) is 9.03. The third-order valence-corrected chi connectivity index (χ3v) is 2.01. The lowest BCUT2D eigenvalue weighted by Crippen LogP contribution is -2.38. The first-order valence-electron chi connectivity index (χ1n) is 4.20.